The molecular formula is C7H7ClNNaO3S. The van der Waals surface area contributed by atoms with Gasteiger partial charge in [-0.05, 0) is 24.6 Å². The van der Waals surface area contributed by atoms with Crippen LogP contribution in [0.25, 0.3) is 0 Å². The molecule has 0 heterocycles. The van der Waals surface area contributed by atoms with Crippen LogP contribution >= 0.6 is 11.6 Å². The van der Waals surface area contributed by atoms with Crippen molar-refractivity contribution in [1.29, 1.82) is 0 Å². The van der Waals surface area contributed by atoms with Crippen molar-refractivity contribution in [2.45, 2.75) is 11.8 Å². The van der Waals surface area contributed by atoms with Crippen LogP contribution in [0, 0.1) is 6.92 Å². The van der Waals surface area contributed by atoms with E-state index in [1.807, 2.05) is 0 Å². The number of benzene rings is 1. The largest absolute Gasteiger partial charge is 1.00 e. The van der Waals surface area contributed by atoms with Crippen molar-refractivity contribution in [3.63, 3.8) is 0 Å². The molecule has 0 spiro atoms. The summed E-state index contributed by atoms with van der Waals surface area (Å²) in [4.78, 5) is -0.363. The van der Waals surface area contributed by atoms with E-state index in [9.17, 15) is 13.0 Å². The maximum atomic E-state index is 10.7. The molecule has 0 aliphatic heterocycles. The Labute approximate surface area is 109 Å². The average Bonchev–Trinajstić information content (AvgIpc) is 1.94. The predicted octanol–water partition coefficient (Wildman–Crippen LogP) is -1.86. The van der Waals surface area contributed by atoms with Gasteiger partial charge in [-0.1, -0.05) is 11.6 Å². The maximum absolute atomic E-state index is 10.7. The van der Waals surface area contributed by atoms with E-state index in [-0.39, 0.29) is 50.7 Å². The zero-order chi connectivity index (χ0) is 10.2. The van der Waals surface area contributed by atoms with Crippen LogP contribution in [0.3, 0.4) is 0 Å². The van der Waals surface area contributed by atoms with Crippen molar-refractivity contribution in [2.75, 3.05) is 5.73 Å². The molecule has 0 aromatic heterocycles. The van der Waals surface area contributed by atoms with Crippen molar-refractivity contribution >= 4 is 27.4 Å². The van der Waals surface area contributed by atoms with Crippen LogP contribution in [0.1, 0.15) is 5.56 Å². The summed E-state index contributed by atoms with van der Waals surface area (Å²) >= 11 is 5.54. The van der Waals surface area contributed by atoms with Crippen LogP contribution in [0.2, 0.25) is 5.02 Å². The maximum Gasteiger partial charge on any atom is 1.00 e. The summed E-state index contributed by atoms with van der Waals surface area (Å²) in [5.41, 5.74) is 5.86. The molecular weight excluding hydrogens is 237 g/mol. The molecule has 4 nitrogen and oxygen atoms in total. The summed E-state index contributed by atoms with van der Waals surface area (Å²) in [6.45, 7) is 1.45. The fraction of sp³-hybridized carbons (Fsp3) is 0.143. The van der Waals surface area contributed by atoms with Gasteiger partial charge in [0.2, 0.25) is 0 Å². The van der Waals surface area contributed by atoms with Gasteiger partial charge in [0.25, 0.3) is 0 Å². The number of halogens is 1. The molecule has 1 rings (SSSR count). The van der Waals surface area contributed by atoms with Crippen LogP contribution < -0.4 is 35.3 Å². The van der Waals surface area contributed by atoms with E-state index in [1.165, 1.54) is 13.0 Å². The number of anilines is 1. The smallest absolute Gasteiger partial charge is 0.744 e. The molecule has 0 fully saturated rings. The molecule has 14 heavy (non-hydrogen) atoms. The van der Waals surface area contributed by atoms with Crippen molar-refractivity contribution in [3.8, 4) is 0 Å². The van der Waals surface area contributed by atoms with Gasteiger partial charge in [-0.25, -0.2) is 8.42 Å². The number of rotatable bonds is 1. The second-order valence-electron chi connectivity index (χ2n) is 2.57. The van der Waals surface area contributed by atoms with E-state index in [2.05, 4.69) is 0 Å². The Balaban J connectivity index is 0.00000169. The number of nitrogens with two attached hydrogens (primary N) is 1. The molecule has 0 aliphatic carbocycles. The average molecular weight is 244 g/mol. The van der Waals surface area contributed by atoms with Crippen LogP contribution in [-0.4, -0.2) is 13.0 Å². The molecule has 0 amide bonds. The third kappa shape index (κ3) is 3.12. The normalized spacial score (nSPS) is 10.8. The van der Waals surface area contributed by atoms with Gasteiger partial charge in [0, 0.05) is 10.7 Å². The van der Waals surface area contributed by atoms with Gasteiger partial charge in [-0.2, -0.15) is 0 Å². The number of hydrogen-bond acceptors (Lipinski definition) is 4. The Morgan fingerprint density at radius 1 is 1.43 bits per heavy atom. The minimum atomic E-state index is -4.49. The van der Waals surface area contributed by atoms with E-state index in [1.54, 1.807) is 0 Å². The Morgan fingerprint density at radius 2 is 1.93 bits per heavy atom. The van der Waals surface area contributed by atoms with E-state index in [0.717, 1.165) is 6.07 Å². The molecule has 0 bridgehead atoms. The van der Waals surface area contributed by atoms with Crippen molar-refractivity contribution in [2.24, 2.45) is 0 Å². The second kappa shape index (κ2) is 4.83. The molecule has 7 heteroatoms. The third-order valence-electron chi connectivity index (χ3n) is 1.63. The first-order chi connectivity index (χ1) is 5.82. The number of nitrogen functional groups attached to an aromatic ring is 1. The Kier molecular flexibility index (Phi) is 4.90. The first-order valence-corrected chi connectivity index (χ1v) is 5.12. The van der Waals surface area contributed by atoms with Gasteiger partial charge in [0.1, 0.15) is 10.1 Å². The number of hydrogen-bond donors (Lipinski definition) is 1. The molecule has 0 radical (unpaired) electrons. The molecule has 0 saturated carbocycles. The zero-order valence-corrected chi connectivity index (χ0v) is 11.3. The Hall–Kier alpha value is 0.220. The quantitative estimate of drug-likeness (QED) is 0.356. The molecule has 0 unspecified atom stereocenters. The van der Waals surface area contributed by atoms with Gasteiger partial charge >= 0.3 is 29.6 Å². The predicted molar refractivity (Wildman–Crippen MR) is 48.6 cm³/mol. The summed E-state index contributed by atoms with van der Waals surface area (Å²) in [6, 6.07) is 2.49. The Bertz CT molecular complexity index is 446. The van der Waals surface area contributed by atoms with E-state index < -0.39 is 10.1 Å². The first kappa shape index (κ1) is 14.2. The molecule has 0 aliphatic rings. The molecule has 2 N–H and O–H groups in total. The molecule has 1 aromatic rings. The molecule has 72 valence electrons. The van der Waals surface area contributed by atoms with E-state index in [0.29, 0.717) is 0 Å². The summed E-state index contributed by atoms with van der Waals surface area (Å²) in [7, 11) is -4.49. The van der Waals surface area contributed by atoms with Gasteiger partial charge in [0.05, 0.1) is 4.90 Å². The zero-order valence-electron chi connectivity index (χ0n) is 7.74. The topological polar surface area (TPSA) is 83.2 Å². The van der Waals surface area contributed by atoms with Crippen molar-refractivity contribution in [1.82, 2.24) is 0 Å². The third-order valence-corrected chi connectivity index (χ3v) is 2.82. The van der Waals surface area contributed by atoms with Gasteiger partial charge < -0.3 is 10.3 Å². The minimum absolute atomic E-state index is 0. The fourth-order valence-corrected chi connectivity index (χ4v) is 1.99. The summed E-state index contributed by atoms with van der Waals surface area (Å²) in [5.74, 6) is 0. The van der Waals surface area contributed by atoms with Gasteiger partial charge in [0.15, 0.2) is 0 Å². The monoisotopic (exact) mass is 243 g/mol. The second-order valence-corrected chi connectivity index (χ2v) is 4.36. The summed E-state index contributed by atoms with van der Waals surface area (Å²) < 4.78 is 32.1. The minimum Gasteiger partial charge on any atom is -0.744 e. The van der Waals surface area contributed by atoms with Crippen LogP contribution in [-0.2, 0) is 10.1 Å². The summed E-state index contributed by atoms with van der Waals surface area (Å²) in [6.07, 6.45) is 0. The van der Waals surface area contributed by atoms with Crippen LogP contribution in [0.4, 0.5) is 5.69 Å². The first-order valence-electron chi connectivity index (χ1n) is 3.34. The van der Waals surface area contributed by atoms with Gasteiger partial charge in [-0.3, -0.25) is 0 Å². The standard InChI is InChI=1S/C7H8ClNO3S.Na/c1-4-6(9)2-5(8)3-7(4)13(10,11)12;/h2-3H,9H2,1H3,(H,10,11,12);/q;+1/p-1. The SMILES string of the molecule is Cc1c(N)cc(Cl)cc1S(=O)(=O)[O-].[Na+]. The molecule has 0 atom stereocenters. The molecule has 0 saturated heterocycles. The van der Waals surface area contributed by atoms with Crippen molar-refractivity contribution in [3.05, 3.63) is 22.7 Å². The van der Waals surface area contributed by atoms with Gasteiger partial charge in [-0.15, -0.1) is 0 Å². The Morgan fingerprint density at radius 3 is 2.36 bits per heavy atom. The fourth-order valence-electron chi connectivity index (χ4n) is 0.934. The van der Waals surface area contributed by atoms with Crippen LogP contribution in [0.15, 0.2) is 17.0 Å². The molecule has 1 aromatic carbocycles. The van der Waals surface area contributed by atoms with Crippen molar-refractivity contribution < 1.29 is 42.5 Å². The van der Waals surface area contributed by atoms with E-state index >= 15 is 0 Å². The summed E-state index contributed by atoms with van der Waals surface area (Å²) in [5, 5.41) is 0.137. The van der Waals surface area contributed by atoms with E-state index in [4.69, 9.17) is 17.3 Å². The van der Waals surface area contributed by atoms with Crippen LogP contribution in [0.5, 0.6) is 0 Å².